The first-order valence-corrected chi connectivity index (χ1v) is 11.9. The molecular formula is C30H24F3N3O3. The maximum absolute atomic E-state index is 13.1. The lowest BCUT2D eigenvalue weighted by Crippen LogP contribution is -2.45. The van der Waals surface area contributed by atoms with Crippen LogP contribution >= 0.6 is 0 Å². The lowest BCUT2D eigenvalue weighted by Gasteiger charge is -2.16. The Labute approximate surface area is 222 Å². The van der Waals surface area contributed by atoms with Gasteiger partial charge in [0.2, 0.25) is 5.91 Å². The summed E-state index contributed by atoms with van der Waals surface area (Å²) in [5.41, 5.74) is 7.18. The first-order chi connectivity index (χ1) is 18.6. The topological polar surface area (TPSA) is 101 Å². The van der Waals surface area contributed by atoms with E-state index in [1.807, 2.05) is 30.3 Å². The Morgan fingerprint density at radius 2 is 1.44 bits per heavy atom. The zero-order valence-electron chi connectivity index (χ0n) is 20.5. The van der Waals surface area contributed by atoms with E-state index >= 15 is 0 Å². The quantitative estimate of drug-likeness (QED) is 0.282. The monoisotopic (exact) mass is 531 g/mol. The van der Waals surface area contributed by atoms with E-state index in [0.717, 1.165) is 17.7 Å². The third-order valence-electron chi connectivity index (χ3n) is 6.01. The highest BCUT2D eigenvalue weighted by Crippen LogP contribution is 2.32. The van der Waals surface area contributed by atoms with E-state index in [9.17, 15) is 27.6 Å². The summed E-state index contributed by atoms with van der Waals surface area (Å²) < 4.78 is 38.9. The number of hydrogen-bond donors (Lipinski definition) is 3. The molecule has 0 bridgehead atoms. The van der Waals surface area contributed by atoms with E-state index in [-0.39, 0.29) is 17.5 Å². The predicted octanol–water partition coefficient (Wildman–Crippen LogP) is 5.45. The second kappa shape index (κ2) is 11.6. The molecule has 4 aromatic carbocycles. The Kier molecular flexibility index (Phi) is 8.10. The van der Waals surface area contributed by atoms with Crippen LogP contribution in [0, 0.1) is 0 Å². The largest absolute Gasteiger partial charge is 0.416 e. The van der Waals surface area contributed by atoms with Crippen molar-refractivity contribution >= 4 is 23.4 Å². The Morgan fingerprint density at radius 3 is 2.10 bits per heavy atom. The van der Waals surface area contributed by atoms with Crippen LogP contribution in [0.1, 0.15) is 31.8 Å². The van der Waals surface area contributed by atoms with E-state index < -0.39 is 35.5 Å². The minimum Gasteiger partial charge on any atom is -0.368 e. The molecule has 0 radical (unpaired) electrons. The molecule has 4 rings (SSSR count). The van der Waals surface area contributed by atoms with Crippen molar-refractivity contribution in [1.29, 1.82) is 0 Å². The first-order valence-electron chi connectivity index (χ1n) is 11.9. The van der Waals surface area contributed by atoms with Crippen molar-refractivity contribution in [1.82, 2.24) is 5.32 Å². The number of carbonyl (C=O) groups excluding carboxylic acids is 3. The molecular weight excluding hydrogens is 507 g/mol. The molecule has 198 valence electrons. The van der Waals surface area contributed by atoms with Gasteiger partial charge in [0.15, 0.2) is 0 Å². The molecule has 0 fully saturated rings. The number of halogens is 3. The maximum atomic E-state index is 13.1. The molecule has 6 nitrogen and oxygen atoms in total. The van der Waals surface area contributed by atoms with Crippen LogP contribution in [0.3, 0.4) is 0 Å². The van der Waals surface area contributed by atoms with Crippen molar-refractivity contribution in [2.45, 2.75) is 18.6 Å². The van der Waals surface area contributed by atoms with Crippen molar-refractivity contribution in [3.8, 4) is 11.1 Å². The smallest absolute Gasteiger partial charge is 0.368 e. The van der Waals surface area contributed by atoms with Crippen molar-refractivity contribution < 1.29 is 27.6 Å². The summed E-state index contributed by atoms with van der Waals surface area (Å²) in [6, 6.07) is 25.4. The van der Waals surface area contributed by atoms with Gasteiger partial charge in [0.25, 0.3) is 11.8 Å². The first kappa shape index (κ1) is 27.1. The molecule has 0 saturated heterocycles. The summed E-state index contributed by atoms with van der Waals surface area (Å²) in [4.78, 5) is 38.0. The summed E-state index contributed by atoms with van der Waals surface area (Å²) in [5, 5.41) is 5.36. The number of primary amides is 1. The third kappa shape index (κ3) is 6.89. The summed E-state index contributed by atoms with van der Waals surface area (Å²) in [6.45, 7) is 0. The van der Waals surface area contributed by atoms with Gasteiger partial charge >= 0.3 is 6.18 Å². The molecule has 1 unspecified atom stereocenters. The third-order valence-corrected chi connectivity index (χ3v) is 6.01. The number of alkyl halides is 3. The van der Waals surface area contributed by atoms with Gasteiger partial charge in [-0.25, -0.2) is 0 Å². The van der Waals surface area contributed by atoms with Crippen molar-refractivity contribution in [3.63, 3.8) is 0 Å². The van der Waals surface area contributed by atoms with Crippen LogP contribution in [0.25, 0.3) is 11.1 Å². The van der Waals surface area contributed by atoms with Gasteiger partial charge in [-0.2, -0.15) is 13.2 Å². The van der Waals surface area contributed by atoms with E-state index in [0.29, 0.717) is 16.8 Å². The van der Waals surface area contributed by atoms with Gasteiger partial charge in [-0.05, 0) is 53.1 Å². The fraction of sp³-hybridized carbons (Fsp3) is 0.100. The van der Waals surface area contributed by atoms with Crippen molar-refractivity contribution in [2.24, 2.45) is 5.73 Å². The highest BCUT2D eigenvalue weighted by molar-refractivity contribution is 6.09. The highest BCUT2D eigenvalue weighted by atomic mass is 19.4. The minimum absolute atomic E-state index is 0.197. The van der Waals surface area contributed by atoms with E-state index in [1.54, 1.807) is 36.4 Å². The van der Waals surface area contributed by atoms with Gasteiger partial charge < -0.3 is 16.4 Å². The Hall–Kier alpha value is -4.92. The molecule has 3 amide bonds. The molecule has 1 atom stereocenters. The second-order valence-electron chi connectivity index (χ2n) is 8.77. The molecule has 0 spiro atoms. The van der Waals surface area contributed by atoms with E-state index in [2.05, 4.69) is 10.6 Å². The normalized spacial score (nSPS) is 11.9. The van der Waals surface area contributed by atoms with E-state index in [1.165, 1.54) is 24.3 Å². The van der Waals surface area contributed by atoms with Gasteiger partial charge in [0.05, 0.1) is 5.56 Å². The van der Waals surface area contributed by atoms with Crippen molar-refractivity contribution in [3.05, 3.63) is 125 Å². The number of nitrogens with two attached hydrogens (primary N) is 1. The number of amides is 3. The van der Waals surface area contributed by atoms with Crippen LogP contribution in [-0.4, -0.2) is 23.8 Å². The number of anilines is 1. The van der Waals surface area contributed by atoms with Gasteiger partial charge in [0, 0.05) is 23.2 Å². The summed E-state index contributed by atoms with van der Waals surface area (Å²) in [6.07, 6.45) is -4.25. The van der Waals surface area contributed by atoms with Crippen LogP contribution in [0.15, 0.2) is 103 Å². The average Bonchev–Trinajstić information content (AvgIpc) is 2.93. The molecule has 0 heterocycles. The summed E-state index contributed by atoms with van der Waals surface area (Å²) >= 11 is 0. The van der Waals surface area contributed by atoms with Crippen molar-refractivity contribution in [2.75, 3.05) is 5.32 Å². The minimum atomic E-state index is -4.47. The number of rotatable bonds is 8. The highest BCUT2D eigenvalue weighted by Gasteiger charge is 2.30. The van der Waals surface area contributed by atoms with Crippen LogP contribution in [-0.2, 0) is 17.4 Å². The standard InChI is InChI=1S/C30H24F3N3O3/c31-30(32,33)22-15-13-20(14-16-22)24-11-4-5-12-25(24)29(39)35-23-10-6-9-21(18-23)28(38)36-26(27(34)37)17-19-7-2-1-3-8-19/h1-16,18,26H,17H2,(H2,34,37)(H,35,39)(H,36,38). The van der Waals surface area contributed by atoms with Gasteiger partial charge in [-0.15, -0.1) is 0 Å². The van der Waals surface area contributed by atoms with Gasteiger partial charge in [0.1, 0.15) is 6.04 Å². The number of nitrogens with one attached hydrogen (secondary N) is 2. The lowest BCUT2D eigenvalue weighted by molar-refractivity contribution is -0.137. The fourth-order valence-electron chi connectivity index (χ4n) is 4.02. The number of benzene rings is 4. The van der Waals surface area contributed by atoms with Gasteiger partial charge in [-0.3, -0.25) is 14.4 Å². The molecule has 4 N–H and O–H groups in total. The molecule has 4 aromatic rings. The molecule has 9 heteroatoms. The van der Waals surface area contributed by atoms with E-state index in [4.69, 9.17) is 5.73 Å². The molecule has 0 saturated carbocycles. The zero-order valence-corrected chi connectivity index (χ0v) is 20.5. The average molecular weight is 532 g/mol. The molecule has 0 aliphatic heterocycles. The zero-order chi connectivity index (χ0) is 28.0. The summed E-state index contributed by atoms with van der Waals surface area (Å²) in [5.74, 6) is -1.74. The molecule has 39 heavy (non-hydrogen) atoms. The van der Waals surface area contributed by atoms with Crippen LogP contribution in [0.5, 0.6) is 0 Å². The Morgan fingerprint density at radius 1 is 0.769 bits per heavy atom. The molecule has 0 aliphatic rings. The van der Waals surface area contributed by atoms with Crippen LogP contribution in [0.2, 0.25) is 0 Å². The number of hydrogen-bond acceptors (Lipinski definition) is 3. The SMILES string of the molecule is NC(=O)C(Cc1ccccc1)NC(=O)c1cccc(NC(=O)c2ccccc2-c2ccc(C(F)(F)F)cc2)c1. The Balaban J connectivity index is 1.50. The number of carbonyl (C=O) groups is 3. The summed E-state index contributed by atoms with van der Waals surface area (Å²) in [7, 11) is 0. The maximum Gasteiger partial charge on any atom is 0.416 e. The molecule has 0 aliphatic carbocycles. The van der Waals surface area contributed by atoms with Crippen LogP contribution < -0.4 is 16.4 Å². The van der Waals surface area contributed by atoms with Crippen LogP contribution in [0.4, 0.5) is 18.9 Å². The second-order valence-corrected chi connectivity index (χ2v) is 8.77. The Bertz CT molecular complexity index is 1490. The lowest BCUT2D eigenvalue weighted by atomic mass is 9.98. The van der Waals surface area contributed by atoms with Gasteiger partial charge in [-0.1, -0.05) is 66.7 Å². The fourth-order valence-corrected chi connectivity index (χ4v) is 4.02. The molecule has 0 aromatic heterocycles. The predicted molar refractivity (Wildman–Crippen MR) is 142 cm³/mol.